The van der Waals surface area contributed by atoms with Crippen molar-refractivity contribution in [1.82, 2.24) is 0 Å². The minimum Gasteiger partial charge on any atom is -0.325 e. The van der Waals surface area contributed by atoms with E-state index < -0.39 is 0 Å². The number of nitrogens with zero attached hydrogens (tertiary/aromatic N) is 1. The second-order valence-electron chi connectivity index (χ2n) is 3.74. The monoisotopic (exact) mass is 288 g/mol. The fraction of sp³-hybridized carbons (Fsp3) is 0.143. The van der Waals surface area contributed by atoms with Gasteiger partial charge in [-0.3, -0.25) is 4.79 Å². The van der Waals surface area contributed by atoms with Gasteiger partial charge in [0.25, 0.3) is 0 Å². The van der Waals surface area contributed by atoms with Gasteiger partial charge in [0.2, 0.25) is 5.91 Å². The van der Waals surface area contributed by atoms with Gasteiger partial charge in [-0.1, -0.05) is 18.2 Å². The first-order valence-corrected chi connectivity index (χ1v) is 7.61. The maximum atomic E-state index is 11.8. The van der Waals surface area contributed by atoms with Gasteiger partial charge in [0.05, 0.1) is 15.5 Å². The van der Waals surface area contributed by atoms with Crippen molar-refractivity contribution in [2.75, 3.05) is 11.1 Å². The summed E-state index contributed by atoms with van der Waals surface area (Å²) >= 11 is 3.34. The Morgan fingerprint density at radius 2 is 2.16 bits per heavy atom. The van der Waals surface area contributed by atoms with Crippen LogP contribution in [0.5, 0.6) is 0 Å². The molecular weight excluding hydrogens is 276 g/mol. The number of para-hydroxylation sites is 1. The van der Waals surface area contributed by atoms with Crippen LogP contribution in [0.2, 0.25) is 0 Å². The van der Waals surface area contributed by atoms with Gasteiger partial charge in [-0.15, -0.1) is 23.1 Å². The largest absolute Gasteiger partial charge is 0.325 e. The smallest absolute Gasteiger partial charge is 0.225 e. The number of thiophene rings is 1. The molecule has 2 aromatic rings. The lowest BCUT2D eigenvalue weighted by atomic mass is 10.2. The Kier molecular flexibility index (Phi) is 5.01. The van der Waals surface area contributed by atoms with Gasteiger partial charge in [0.1, 0.15) is 6.07 Å². The van der Waals surface area contributed by atoms with Crippen LogP contribution in [0.25, 0.3) is 0 Å². The molecule has 2 rings (SSSR count). The standard InChI is InChI=1S/C14H12N2OS2/c15-10-11-4-1-2-5-12(11)16-13(17)7-9-19-14-6-3-8-18-14/h1-6,8H,7,9H2,(H,16,17). The molecule has 0 spiro atoms. The predicted octanol–water partition coefficient (Wildman–Crippen LogP) is 3.74. The van der Waals surface area contributed by atoms with Crippen LogP contribution in [0, 0.1) is 11.3 Å². The van der Waals surface area contributed by atoms with Crippen LogP contribution in [0.4, 0.5) is 5.69 Å². The quantitative estimate of drug-likeness (QED) is 0.853. The number of carbonyl (C=O) groups is 1. The summed E-state index contributed by atoms with van der Waals surface area (Å²) in [6.45, 7) is 0. The number of carbonyl (C=O) groups excluding carboxylic acids is 1. The number of hydrogen-bond donors (Lipinski definition) is 1. The molecule has 0 aliphatic carbocycles. The maximum absolute atomic E-state index is 11.8. The molecule has 0 aliphatic heterocycles. The zero-order chi connectivity index (χ0) is 13.5. The molecule has 0 unspecified atom stereocenters. The van der Waals surface area contributed by atoms with Crippen molar-refractivity contribution in [3.63, 3.8) is 0 Å². The Bertz CT molecular complexity index is 588. The molecule has 1 aromatic heterocycles. The summed E-state index contributed by atoms with van der Waals surface area (Å²) in [6.07, 6.45) is 0.433. The van der Waals surface area contributed by atoms with E-state index in [0.29, 0.717) is 17.7 Å². The Morgan fingerprint density at radius 3 is 2.89 bits per heavy atom. The van der Waals surface area contributed by atoms with E-state index in [1.54, 1.807) is 47.4 Å². The van der Waals surface area contributed by atoms with Crippen LogP contribution in [0.3, 0.4) is 0 Å². The zero-order valence-corrected chi connectivity index (χ0v) is 11.8. The predicted molar refractivity (Wildman–Crippen MR) is 79.4 cm³/mol. The van der Waals surface area contributed by atoms with Gasteiger partial charge in [0, 0.05) is 12.2 Å². The average molecular weight is 288 g/mol. The number of rotatable bonds is 5. The van der Waals surface area contributed by atoms with Crippen molar-refractivity contribution in [2.45, 2.75) is 10.6 Å². The van der Waals surface area contributed by atoms with Crippen molar-refractivity contribution < 1.29 is 4.79 Å². The van der Waals surface area contributed by atoms with Crippen molar-refractivity contribution in [3.05, 3.63) is 47.3 Å². The summed E-state index contributed by atoms with van der Waals surface area (Å²) in [5, 5.41) is 13.7. The summed E-state index contributed by atoms with van der Waals surface area (Å²) in [5.74, 6) is 0.674. The van der Waals surface area contributed by atoms with Crippen LogP contribution in [0.1, 0.15) is 12.0 Å². The van der Waals surface area contributed by atoms with Gasteiger partial charge >= 0.3 is 0 Å². The fourth-order valence-electron chi connectivity index (χ4n) is 1.49. The molecule has 0 saturated heterocycles. The van der Waals surface area contributed by atoms with Crippen molar-refractivity contribution >= 4 is 34.7 Å². The van der Waals surface area contributed by atoms with Crippen LogP contribution < -0.4 is 5.32 Å². The first kappa shape index (κ1) is 13.7. The van der Waals surface area contributed by atoms with Crippen LogP contribution >= 0.6 is 23.1 Å². The first-order valence-electron chi connectivity index (χ1n) is 5.75. The van der Waals surface area contributed by atoms with Crippen molar-refractivity contribution in [3.8, 4) is 6.07 Å². The van der Waals surface area contributed by atoms with Gasteiger partial charge in [-0.25, -0.2) is 0 Å². The molecule has 5 heteroatoms. The highest BCUT2D eigenvalue weighted by Crippen LogP contribution is 2.24. The zero-order valence-electron chi connectivity index (χ0n) is 10.1. The van der Waals surface area contributed by atoms with E-state index in [1.165, 1.54) is 4.21 Å². The Balaban J connectivity index is 1.83. The third-order valence-electron chi connectivity index (χ3n) is 2.39. The molecule has 3 nitrogen and oxygen atoms in total. The summed E-state index contributed by atoms with van der Waals surface area (Å²) < 4.78 is 1.21. The van der Waals surface area contributed by atoms with E-state index in [-0.39, 0.29) is 5.91 Å². The number of anilines is 1. The Morgan fingerprint density at radius 1 is 1.32 bits per heavy atom. The molecule has 1 heterocycles. The summed E-state index contributed by atoms with van der Waals surface area (Å²) in [5.41, 5.74) is 1.07. The molecular formula is C14H12N2OS2. The number of thioether (sulfide) groups is 1. The Labute approximate surface area is 120 Å². The first-order chi connectivity index (χ1) is 9.29. The van der Waals surface area contributed by atoms with Gasteiger partial charge < -0.3 is 5.32 Å². The molecule has 0 radical (unpaired) electrons. The highest BCUT2D eigenvalue weighted by molar-refractivity contribution is 8.01. The van der Waals surface area contributed by atoms with E-state index in [0.717, 1.165) is 5.75 Å². The van der Waals surface area contributed by atoms with Gasteiger partial charge in [-0.05, 0) is 23.6 Å². The topological polar surface area (TPSA) is 52.9 Å². The average Bonchev–Trinajstić information content (AvgIpc) is 2.92. The summed E-state index contributed by atoms with van der Waals surface area (Å²) in [4.78, 5) is 11.8. The SMILES string of the molecule is N#Cc1ccccc1NC(=O)CCSc1cccs1. The molecule has 96 valence electrons. The lowest BCUT2D eigenvalue weighted by Crippen LogP contribution is -2.13. The van der Waals surface area contributed by atoms with E-state index in [1.807, 2.05) is 17.5 Å². The summed E-state index contributed by atoms with van der Waals surface area (Å²) in [6, 6.07) is 13.1. The second-order valence-corrected chi connectivity index (χ2v) is 6.08. The molecule has 0 fully saturated rings. The van der Waals surface area contributed by atoms with Gasteiger partial charge in [-0.2, -0.15) is 5.26 Å². The van der Waals surface area contributed by atoms with Gasteiger partial charge in [0.15, 0.2) is 0 Å². The molecule has 0 bridgehead atoms. The number of hydrogen-bond acceptors (Lipinski definition) is 4. The molecule has 1 N–H and O–H groups in total. The molecule has 1 aromatic carbocycles. The molecule has 0 saturated carbocycles. The van der Waals surface area contributed by atoms with E-state index in [4.69, 9.17) is 5.26 Å². The minimum absolute atomic E-state index is 0.0632. The number of nitrogens with one attached hydrogen (secondary N) is 1. The molecule has 0 aliphatic rings. The number of nitriles is 1. The highest BCUT2D eigenvalue weighted by atomic mass is 32.2. The third kappa shape index (κ3) is 4.12. The third-order valence-corrected chi connectivity index (χ3v) is 4.52. The molecule has 19 heavy (non-hydrogen) atoms. The normalized spacial score (nSPS) is 9.84. The Hall–Kier alpha value is -1.77. The lowest BCUT2D eigenvalue weighted by Gasteiger charge is -2.06. The second kappa shape index (κ2) is 6.98. The van der Waals surface area contributed by atoms with Crippen LogP contribution in [0.15, 0.2) is 46.0 Å². The van der Waals surface area contributed by atoms with Crippen molar-refractivity contribution in [1.29, 1.82) is 5.26 Å². The molecule has 1 amide bonds. The van der Waals surface area contributed by atoms with E-state index in [9.17, 15) is 4.79 Å². The minimum atomic E-state index is -0.0632. The maximum Gasteiger partial charge on any atom is 0.225 e. The van der Waals surface area contributed by atoms with Crippen LogP contribution in [-0.4, -0.2) is 11.7 Å². The highest BCUT2D eigenvalue weighted by Gasteiger charge is 2.06. The molecule has 0 atom stereocenters. The van der Waals surface area contributed by atoms with Crippen LogP contribution in [-0.2, 0) is 4.79 Å². The van der Waals surface area contributed by atoms with Crippen molar-refractivity contribution in [2.24, 2.45) is 0 Å². The number of amides is 1. The van der Waals surface area contributed by atoms with E-state index >= 15 is 0 Å². The van der Waals surface area contributed by atoms with E-state index in [2.05, 4.69) is 11.4 Å². The number of benzene rings is 1. The fourth-order valence-corrected chi connectivity index (χ4v) is 3.29. The summed E-state index contributed by atoms with van der Waals surface area (Å²) in [7, 11) is 0. The lowest BCUT2D eigenvalue weighted by molar-refractivity contribution is -0.115.